The average Bonchev–Trinajstić information content (AvgIpc) is 2.95. The van der Waals surface area contributed by atoms with Gasteiger partial charge in [0.25, 0.3) is 5.91 Å². The molecule has 0 fully saturated rings. The zero-order chi connectivity index (χ0) is 18.4. The minimum atomic E-state index is -1.03. The van der Waals surface area contributed by atoms with Crippen LogP contribution in [0, 0.1) is 5.92 Å². The summed E-state index contributed by atoms with van der Waals surface area (Å²) in [6.45, 7) is 3.45. The van der Waals surface area contributed by atoms with Gasteiger partial charge in [-0.15, -0.1) is 0 Å². The smallest absolute Gasteiger partial charge is 0.318 e. The topological polar surface area (TPSA) is 114 Å². The molecule has 0 saturated carbocycles. The second-order valence-electron chi connectivity index (χ2n) is 6.22. The molecule has 0 saturated heterocycles. The van der Waals surface area contributed by atoms with Crippen molar-refractivity contribution in [2.45, 2.75) is 39.2 Å². The van der Waals surface area contributed by atoms with E-state index in [9.17, 15) is 14.4 Å². The van der Waals surface area contributed by atoms with Gasteiger partial charge in [-0.2, -0.15) is 0 Å². The molecular weight excluding hydrogens is 322 g/mol. The molecule has 0 spiro atoms. The number of aromatic nitrogens is 1. The molecule has 1 aromatic carbocycles. The zero-order valence-electron chi connectivity index (χ0n) is 14.4. The number of amides is 3. The van der Waals surface area contributed by atoms with Gasteiger partial charge in [0.15, 0.2) is 6.10 Å². The van der Waals surface area contributed by atoms with Gasteiger partial charge in [0.1, 0.15) is 0 Å². The number of fused-ring (bicyclic) bond motifs is 1. The van der Waals surface area contributed by atoms with Crippen LogP contribution in [0.2, 0.25) is 0 Å². The van der Waals surface area contributed by atoms with E-state index in [-0.39, 0.29) is 12.3 Å². The normalized spacial score (nSPS) is 12.1. The number of primary amides is 1. The van der Waals surface area contributed by atoms with Crippen molar-refractivity contribution in [1.29, 1.82) is 0 Å². The Morgan fingerprint density at radius 2 is 1.96 bits per heavy atom. The number of carbonyl (C=O) groups excluding carboxylic acids is 3. The Balaban J connectivity index is 1.86. The molecule has 0 bridgehead atoms. The van der Waals surface area contributed by atoms with Gasteiger partial charge in [0, 0.05) is 23.5 Å². The molecule has 1 heterocycles. The van der Waals surface area contributed by atoms with Crippen molar-refractivity contribution in [3.63, 3.8) is 0 Å². The Hall–Kier alpha value is -2.83. The van der Waals surface area contributed by atoms with E-state index in [1.54, 1.807) is 13.8 Å². The molecule has 0 aliphatic carbocycles. The third-order valence-electron chi connectivity index (χ3n) is 3.87. The fraction of sp³-hybridized carbons (Fsp3) is 0.389. The van der Waals surface area contributed by atoms with Crippen molar-refractivity contribution in [2.75, 3.05) is 0 Å². The van der Waals surface area contributed by atoms with E-state index < -0.39 is 24.0 Å². The predicted octanol–water partition coefficient (Wildman–Crippen LogP) is 2.25. The lowest BCUT2D eigenvalue weighted by Crippen LogP contribution is -2.45. The highest BCUT2D eigenvalue weighted by molar-refractivity contribution is 5.96. The largest absolute Gasteiger partial charge is 0.452 e. The van der Waals surface area contributed by atoms with Gasteiger partial charge in [-0.1, -0.05) is 32.0 Å². The Morgan fingerprint density at radius 1 is 1.24 bits per heavy atom. The average molecular weight is 345 g/mol. The lowest BCUT2D eigenvalue weighted by Gasteiger charge is -2.19. The molecule has 7 nitrogen and oxygen atoms in total. The Bertz CT molecular complexity index is 767. The van der Waals surface area contributed by atoms with E-state index >= 15 is 0 Å². The summed E-state index contributed by atoms with van der Waals surface area (Å²) in [5.74, 6) is -1.44. The number of hydrogen-bond donors (Lipinski definition) is 3. The second kappa shape index (κ2) is 8.32. The first-order valence-electron chi connectivity index (χ1n) is 8.23. The number of rotatable bonds is 7. The van der Waals surface area contributed by atoms with E-state index in [1.807, 2.05) is 35.8 Å². The highest BCUT2D eigenvalue weighted by Crippen LogP contribution is 2.19. The summed E-state index contributed by atoms with van der Waals surface area (Å²) >= 11 is 0. The molecule has 3 amide bonds. The number of benzene rings is 1. The highest BCUT2D eigenvalue weighted by atomic mass is 16.5. The third kappa shape index (κ3) is 5.07. The number of aromatic amines is 1. The number of carbonyl (C=O) groups is 3. The van der Waals surface area contributed by atoms with Gasteiger partial charge in [-0.3, -0.25) is 14.9 Å². The maximum Gasteiger partial charge on any atom is 0.318 e. The number of nitrogens with two attached hydrogens (primary N) is 1. The maximum atomic E-state index is 12.0. The van der Waals surface area contributed by atoms with Crippen LogP contribution in [0.1, 0.15) is 32.3 Å². The van der Waals surface area contributed by atoms with Crippen molar-refractivity contribution in [1.82, 2.24) is 10.3 Å². The molecule has 25 heavy (non-hydrogen) atoms. The van der Waals surface area contributed by atoms with Gasteiger partial charge in [-0.05, 0) is 30.4 Å². The van der Waals surface area contributed by atoms with Crippen LogP contribution in [0.4, 0.5) is 4.79 Å². The minimum Gasteiger partial charge on any atom is -0.452 e. The number of para-hydroxylation sites is 1. The first-order valence-corrected chi connectivity index (χ1v) is 8.23. The molecule has 134 valence electrons. The maximum absolute atomic E-state index is 12.0. The van der Waals surface area contributed by atoms with Crippen molar-refractivity contribution >= 4 is 28.8 Å². The quantitative estimate of drug-likeness (QED) is 0.668. The zero-order valence-corrected chi connectivity index (χ0v) is 14.4. The van der Waals surface area contributed by atoms with E-state index in [0.717, 1.165) is 22.9 Å². The molecule has 0 aliphatic rings. The first kappa shape index (κ1) is 18.5. The van der Waals surface area contributed by atoms with Crippen LogP contribution >= 0.6 is 0 Å². The van der Waals surface area contributed by atoms with Gasteiger partial charge in [0.2, 0.25) is 0 Å². The summed E-state index contributed by atoms with van der Waals surface area (Å²) in [4.78, 5) is 37.8. The number of aryl methyl sites for hydroxylation is 1. The summed E-state index contributed by atoms with van der Waals surface area (Å²) < 4.78 is 5.21. The van der Waals surface area contributed by atoms with Crippen molar-refractivity contribution in [3.05, 3.63) is 36.0 Å². The van der Waals surface area contributed by atoms with E-state index in [1.165, 1.54) is 0 Å². The summed E-state index contributed by atoms with van der Waals surface area (Å²) in [7, 11) is 0. The second-order valence-corrected chi connectivity index (χ2v) is 6.22. The van der Waals surface area contributed by atoms with Crippen LogP contribution < -0.4 is 11.1 Å². The lowest BCUT2D eigenvalue weighted by atomic mass is 10.1. The number of hydrogen-bond acceptors (Lipinski definition) is 4. The van der Waals surface area contributed by atoms with Crippen molar-refractivity contribution in [3.8, 4) is 0 Å². The number of esters is 1. The molecule has 2 aromatic rings. The van der Waals surface area contributed by atoms with Gasteiger partial charge in [0.05, 0.1) is 0 Å². The SMILES string of the molecule is CC(C)[C@H](OC(=O)CCCc1c[nH]c2ccccc12)C(=O)NC(N)=O. The van der Waals surface area contributed by atoms with Gasteiger partial charge in [-0.25, -0.2) is 4.79 Å². The third-order valence-corrected chi connectivity index (χ3v) is 3.87. The molecule has 2 rings (SSSR count). The molecule has 4 N–H and O–H groups in total. The predicted molar refractivity (Wildman–Crippen MR) is 93.7 cm³/mol. The molecule has 0 aliphatic heterocycles. The highest BCUT2D eigenvalue weighted by Gasteiger charge is 2.27. The lowest BCUT2D eigenvalue weighted by molar-refractivity contribution is -0.158. The fourth-order valence-electron chi connectivity index (χ4n) is 2.65. The molecule has 0 radical (unpaired) electrons. The number of imide groups is 1. The Labute approximate surface area is 145 Å². The number of H-pyrrole nitrogens is 1. The van der Waals surface area contributed by atoms with Crippen LogP contribution in [0.15, 0.2) is 30.5 Å². The molecule has 0 unspecified atom stereocenters. The van der Waals surface area contributed by atoms with E-state index in [4.69, 9.17) is 10.5 Å². The van der Waals surface area contributed by atoms with E-state index in [0.29, 0.717) is 6.42 Å². The van der Waals surface area contributed by atoms with Gasteiger partial charge < -0.3 is 15.5 Å². The van der Waals surface area contributed by atoms with Crippen LogP contribution in [0.25, 0.3) is 10.9 Å². The molecular formula is C18H23N3O4. The Morgan fingerprint density at radius 3 is 2.64 bits per heavy atom. The summed E-state index contributed by atoms with van der Waals surface area (Å²) in [5, 5.41) is 3.08. The minimum absolute atomic E-state index is 0.187. The summed E-state index contributed by atoms with van der Waals surface area (Å²) in [5.41, 5.74) is 7.12. The van der Waals surface area contributed by atoms with Crippen LogP contribution in [-0.4, -0.2) is 29.0 Å². The summed E-state index contributed by atoms with van der Waals surface area (Å²) in [6, 6.07) is 6.99. The Kier molecular flexibility index (Phi) is 6.16. The number of urea groups is 1. The van der Waals surface area contributed by atoms with E-state index in [2.05, 4.69) is 4.98 Å². The number of ether oxygens (including phenoxy) is 1. The van der Waals surface area contributed by atoms with Crippen LogP contribution in [0.5, 0.6) is 0 Å². The molecule has 7 heteroatoms. The van der Waals surface area contributed by atoms with Crippen LogP contribution in [0.3, 0.4) is 0 Å². The summed E-state index contributed by atoms with van der Waals surface area (Å²) in [6.07, 6.45) is 2.41. The monoisotopic (exact) mass is 345 g/mol. The first-order chi connectivity index (χ1) is 11.9. The molecule has 1 atom stereocenters. The number of nitrogens with one attached hydrogen (secondary N) is 2. The van der Waals surface area contributed by atoms with Crippen LogP contribution in [-0.2, 0) is 20.7 Å². The van der Waals surface area contributed by atoms with Gasteiger partial charge >= 0.3 is 12.0 Å². The molecule has 1 aromatic heterocycles. The fourth-order valence-corrected chi connectivity index (χ4v) is 2.65. The van der Waals surface area contributed by atoms with Crippen molar-refractivity contribution in [2.24, 2.45) is 11.7 Å². The van der Waals surface area contributed by atoms with Crippen molar-refractivity contribution < 1.29 is 19.1 Å². The standard InChI is InChI=1S/C18H23N3O4/c1-11(2)16(17(23)21-18(19)24)25-15(22)9-5-6-12-10-20-14-8-4-3-7-13(12)14/h3-4,7-8,10-11,16,20H,5-6,9H2,1-2H3,(H3,19,21,23,24)/t16-/m0/s1.